The summed E-state index contributed by atoms with van der Waals surface area (Å²) in [5.41, 5.74) is 3.79. The van der Waals surface area contributed by atoms with Gasteiger partial charge in [-0.05, 0) is 29.3 Å². The Morgan fingerprint density at radius 2 is 1.24 bits per heavy atom. The van der Waals surface area contributed by atoms with Gasteiger partial charge in [-0.1, -0.05) is 107 Å². The Bertz CT molecular complexity index is 1200. The number of anilines is 1. The van der Waals surface area contributed by atoms with E-state index in [-0.39, 0.29) is 18.2 Å². The molecule has 4 nitrogen and oxygen atoms in total. The molecule has 0 saturated carbocycles. The summed E-state index contributed by atoms with van der Waals surface area (Å²) < 4.78 is 0.777. The van der Waals surface area contributed by atoms with Crippen molar-refractivity contribution < 1.29 is 9.59 Å². The van der Waals surface area contributed by atoms with Crippen molar-refractivity contribution in [1.82, 2.24) is 4.90 Å². The predicted molar refractivity (Wildman–Crippen MR) is 140 cm³/mol. The highest BCUT2D eigenvalue weighted by Gasteiger charge is 2.18. The van der Waals surface area contributed by atoms with E-state index in [1.807, 2.05) is 60.7 Å². The lowest BCUT2D eigenvalue weighted by molar-refractivity contribution is -0.117. The second kappa shape index (κ2) is 11.5. The van der Waals surface area contributed by atoms with Crippen LogP contribution in [0.15, 0.2) is 114 Å². The molecule has 0 heterocycles. The third-order valence-corrected chi connectivity index (χ3v) is 5.89. The van der Waals surface area contributed by atoms with Crippen molar-refractivity contribution in [2.45, 2.75) is 13.1 Å². The number of nitrogens with one attached hydrogen (secondary N) is 1. The molecule has 0 atom stereocenters. The van der Waals surface area contributed by atoms with Crippen molar-refractivity contribution in [2.24, 2.45) is 0 Å². The SMILES string of the molecule is O=C(CN(Cc1ccccc1)Cc1ccccc1)Nc1ccc(Br)cc1C(=O)c1ccccc1. The maximum Gasteiger partial charge on any atom is 0.238 e. The highest BCUT2D eigenvalue weighted by molar-refractivity contribution is 9.10. The van der Waals surface area contributed by atoms with Gasteiger partial charge in [0, 0.05) is 28.7 Å². The van der Waals surface area contributed by atoms with Crippen molar-refractivity contribution in [1.29, 1.82) is 0 Å². The molecule has 0 aliphatic rings. The summed E-state index contributed by atoms with van der Waals surface area (Å²) in [5.74, 6) is -0.307. The molecule has 0 unspecified atom stereocenters. The molecule has 5 heteroatoms. The second-order valence-corrected chi connectivity index (χ2v) is 8.97. The van der Waals surface area contributed by atoms with Crippen LogP contribution in [0, 0.1) is 0 Å². The fraction of sp³-hybridized carbons (Fsp3) is 0.103. The molecule has 0 aliphatic carbocycles. The van der Waals surface area contributed by atoms with E-state index >= 15 is 0 Å². The van der Waals surface area contributed by atoms with E-state index < -0.39 is 0 Å². The fourth-order valence-corrected chi connectivity index (χ4v) is 4.16. The van der Waals surface area contributed by atoms with Crippen LogP contribution in [0.1, 0.15) is 27.0 Å². The van der Waals surface area contributed by atoms with Crippen LogP contribution in [0.2, 0.25) is 0 Å². The zero-order valence-corrected chi connectivity index (χ0v) is 20.2. The van der Waals surface area contributed by atoms with Gasteiger partial charge >= 0.3 is 0 Å². The van der Waals surface area contributed by atoms with E-state index in [2.05, 4.69) is 50.4 Å². The predicted octanol–water partition coefficient (Wildman–Crippen LogP) is 6.32. The van der Waals surface area contributed by atoms with E-state index in [1.165, 1.54) is 0 Å². The first-order valence-corrected chi connectivity index (χ1v) is 11.9. The van der Waals surface area contributed by atoms with Gasteiger partial charge in [0.15, 0.2) is 5.78 Å². The Labute approximate surface area is 208 Å². The zero-order chi connectivity index (χ0) is 23.8. The summed E-state index contributed by atoms with van der Waals surface area (Å²) in [7, 11) is 0. The first-order valence-electron chi connectivity index (χ1n) is 11.1. The minimum Gasteiger partial charge on any atom is -0.324 e. The quantitative estimate of drug-likeness (QED) is 0.267. The Kier molecular flexibility index (Phi) is 8.02. The standard InChI is InChI=1S/C29H25BrN2O2/c30-25-16-17-27(26(18-25)29(34)24-14-8-3-9-15-24)31-28(33)21-32(19-22-10-4-1-5-11-22)20-23-12-6-2-7-13-23/h1-18H,19-21H2,(H,31,33). The average molecular weight is 513 g/mol. The van der Waals surface area contributed by atoms with Gasteiger partial charge in [-0.15, -0.1) is 0 Å². The van der Waals surface area contributed by atoms with Gasteiger partial charge in [-0.3, -0.25) is 14.5 Å². The molecular formula is C29H25BrN2O2. The van der Waals surface area contributed by atoms with Crippen LogP contribution in [-0.2, 0) is 17.9 Å². The largest absolute Gasteiger partial charge is 0.324 e. The number of rotatable bonds is 9. The van der Waals surface area contributed by atoms with Crippen LogP contribution in [0.5, 0.6) is 0 Å². The molecule has 170 valence electrons. The average Bonchev–Trinajstić information content (AvgIpc) is 2.86. The minimum atomic E-state index is -0.170. The van der Waals surface area contributed by atoms with E-state index in [9.17, 15) is 9.59 Å². The van der Waals surface area contributed by atoms with Crippen LogP contribution in [-0.4, -0.2) is 23.1 Å². The van der Waals surface area contributed by atoms with E-state index in [1.54, 1.807) is 24.3 Å². The van der Waals surface area contributed by atoms with E-state index in [0.717, 1.165) is 15.6 Å². The van der Waals surface area contributed by atoms with Gasteiger partial charge in [-0.25, -0.2) is 0 Å². The molecule has 0 radical (unpaired) electrons. The number of benzene rings is 4. The molecule has 4 aromatic rings. The Balaban J connectivity index is 1.53. The van der Waals surface area contributed by atoms with Crippen molar-refractivity contribution in [2.75, 3.05) is 11.9 Å². The summed E-state index contributed by atoms with van der Waals surface area (Å²) in [5, 5.41) is 2.97. The number of hydrogen-bond acceptors (Lipinski definition) is 3. The Hall–Kier alpha value is -3.54. The maximum atomic E-state index is 13.1. The van der Waals surface area contributed by atoms with Crippen molar-refractivity contribution >= 4 is 33.3 Å². The van der Waals surface area contributed by atoms with Crippen molar-refractivity contribution in [3.05, 3.63) is 136 Å². The van der Waals surface area contributed by atoms with Crippen molar-refractivity contribution in [3.63, 3.8) is 0 Å². The number of ketones is 1. The highest BCUT2D eigenvalue weighted by atomic mass is 79.9. The molecule has 34 heavy (non-hydrogen) atoms. The normalized spacial score (nSPS) is 10.8. The second-order valence-electron chi connectivity index (χ2n) is 8.05. The molecular weight excluding hydrogens is 488 g/mol. The number of halogens is 1. The molecule has 0 aromatic heterocycles. The van der Waals surface area contributed by atoms with Gasteiger partial charge < -0.3 is 5.32 Å². The number of carbonyl (C=O) groups excluding carboxylic acids is 2. The third-order valence-electron chi connectivity index (χ3n) is 5.40. The van der Waals surface area contributed by atoms with Crippen LogP contribution in [0.25, 0.3) is 0 Å². The monoisotopic (exact) mass is 512 g/mol. The molecule has 0 saturated heterocycles. The number of nitrogens with zero attached hydrogens (tertiary/aromatic N) is 1. The van der Waals surface area contributed by atoms with Gasteiger partial charge in [-0.2, -0.15) is 0 Å². The first kappa shape index (κ1) is 23.6. The van der Waals surface area contributed by atoms with Gasteiger partial charge in [0.05, 0.1) is 12.2 Å². The minimum absolute atomic E-state index is 0.136. The van der Waals surface area contributed by atoms with Gasteiger partial charge in [0.25, 0.3) is 0 Å². The van der Waals surface area contributed by atoms with Crippen LogP contribution >= 0.6 is 15.9 Å². The highest BCUT2D eigenvalue weighted by Crippen LogP contribution is 2.24. The van der Waals surface area contributed by atoms with Gasteiger partial charge in [0.2, 0.25) is 5.91 Å². The smallest absolute Gasteiger partial charge is 0.238 e. The first-order chi connectivity index (χ1) is 16.6. The summed E-state index contributed by atoms with van der Waals surface area (Å²) in [6.07, 6.45) is 0. The molecule has 0 aliphatic heterocycles. The van der Waals surface area contributed by atoms with E-state index in [4.69, 9.17) is 0 Å². The summed E-state index contributed by atoms with van der Waals surface area (Å²) >= 11 is 3.44. The lowest BCUT2D eigenvalue weighted by Gasteiger charge is -2.22. The molecule has 4 rings (SSSR count). The fourth-order valence-electron chi connectivity index (χ4n) is 3.80. The molecule has 1 N–H and O–H groups in total. The molecule has 4 aromatic carbocycles. The van der Waals surface area contributed by atoms with Gasteiger partial charge in [0.1, 0.15) is 0 Å². The Morgan fingerprint density at radius 1 is 0.706 bits per heavy atom. The number of amides is 1. The zero-order valence-electron chi connectivity index (χ0n) is 18.7. The van der Waals surface area contributed by atoms with Crippen LogP contribution in [0.3, 0.4) is 0 Å². The van der Waals surface area contributed by atoms with Crippen LogP contribution in [0.4, 0.5) is 5.69 Å². The molecule has 0 bridgehead atoms. The lowest BCUT2D eigenvalue weighted by Crippen LogP contribution is -2.33. The summed E-state index contributed by atoms with van der Waals surface area (Å²) in [4.78, 5) is 28.3. The molecule has 1 amide bonds. The summed E-state index contributed by atoms with van der Waals surface area (Å²) in [6, 6.07) is 34.6. The topological polar surface area (TPSA) is 49.4 Å². The number of hydrogen-bond donors (Lipinski definition) is 1. The maximum absolute atomic E-state index is 13.1. The summed E-state index contributed by atoms with van der Waals surface area (Å²) in [6.45, 7) is 1.47. The number of carbonyl (C=O) groups is 2. The molecule has 0 spiro atoms. The lowest BCUT2D eigenvalue weighted by atomic mass is 10.0. The molecule has 0 fully saturated rings. The van der Waals surface area contributed by atoms with Crippen molar-refractivity contribution in [3.8, 4) is 0 Å². The van der Waals surface area contributed by atoms with Crippen LogP contribution < -0.4 is 5.32 Å². The van der Waals surface area contributed by atoms with E-state index in [0.29, 0.717) is 29.9 Å². The third kappa shape index (κ3) is 6.50. The Morgan fingerprint density at radius 3 is 1.79 bits per heavy atom.